The van der Waals surface area contributed by atoms with E-state index in [2.05, 4.69) is 25.7 Å². The number of hydrogen-bond donors (Lipinski definition) is 1. The molecule has 108 valence electrons. The van der Waals surface area contributed by atoms with Gasteiger partial charge >= 0.3 is 0 Å². The Morgan fingerprint density at radius 2 is 1.72 bits per heavy atom. The largest absolute Gasteiger partial charge is 0.354 e. The molecule has 1 fully saturated rings. The van der Waals surface area contributed by atoms with Crippen molar-refractivity contribution in [2.75, 3.05) is 33.9 Å². The highest BCUT2D eigenvalue weighted by atomic mass is 16.7. The second-order valence-electron chi connectivity index (χ2n) is 5.93. The molecule has 2 N–H and O–H groups in total. The zero-order valence-electron chi connectivity index (χ0n) is 12.6. The third-order valence-electron chi connectivity index (χ3n) is 4.55. The van der Waals surface area contributed by atoms with Gasteiger partial charge in [-0.2, -0.15) is 0 Å². The number of ether oxygens (including phenoxy) is 2. The zero-order valence-corrected chi connectivity index (χ0v) is 12.6. The summed E-state index contributed by atoms with van der Waals surface area (Å²) in [6, 6.07) is 0. The van der Waals surface area contributed by atoms with Gasteiger partial charge in [0.1, 0.15) is 0 Å². The Hall–Kier alpha value is -0.160. The molecule has 0 saturated carbocycles. The Bertz CT molecular complexity index is 236. The molecular weight excluding hydrogens is 228 g/mol. The molecule has 0 aliphatic carbocycles. The van der Waals surface area contributed by atoms with Gasteiger partial charge in [0.15, 0.2) is 6.29 Å². The first-order chi connectivity index (χ1) is 8.49. The average molecular weight is 258 g/mol. The first-order valence-corrected chi connectivity index (χ1v) is 7.00. The number of likely N-dealkylation sites (tertiary alicyclic amines) is 1. The van der Waals surface area contributed by atoms with Crippen molar-refractivity contribution in [3.63, 3.8) is 0 Å². The number of piperidine rings is 1. The van der Waals surface area contributed by atoms with Crippen molar-refractivity contribution in [2.45, 2.75) is 45.4 Å². The van der Waals surface area contributed by atoms with Crippen molar-refractivity contribution in [1.29, 1.82) is 0 Å². The molecular formula is C14H30N2O2. The molecule has 1 unspecified atom stereocenters. The number of methoxy groups -OCH3 is 2. The van der Waals surface area contributed by atoms with E-state index >= 15 is 0 Å². The van der Waals surface area contributed by atoms with Gasteiger partial charge in [-0.05, 0) is 44.7 Å². The summed E-state index contributed by atoms with van der Waals surface area (Å²) < 4.78 is 10.9. The SMILES string of the molecule is COC(OC)C(C)(CN)N1CCC(C(C)C)CC1. The molecule has 1 atom stereocenters. The van der Waals surface area contributed by atoms with E-state index in [9.17, 15) is 0 Å². The summed E-state index contributed by atoms with van der Waals surface area (Å²) in [7, 11) is 3.37. The predicted octanol–water partition coefficient (Wildman–Crippen LogP) is 1.69. The fourth-order valence-electron chi connectivity index (χ4n) is 3.06. The van der Waals surface area contributed by atoms with Gasteiger partial charge in [0, 0.05) is 20.8 Å². The predicted molar refractivity (Wildman–Crippen MR) is 74.4 cm³/mol. The van der Waals surface area contributed by atoms with Crippen LogP contribution in [-0.4, -0.2) is 50.6 Å². The van der Waals surface area contributed by atoms with Gasteiger partial charge in [0.2, 0.25) is 0 Å². The molecule has 0 aromatic heterocycles. The van der Waals surface area contributed by atoms with Gasteiger partial charge in [-0.1, -0.05) is 13.8 Å². The number of nitrogens with two attached hydrogens (primary N) is 1. The smallest absolute Gasteiger partial charge is 0.176 e. The van der Waals surface area contributed by atoms with Crippen LogP contribution in [0.25, 0.3) is 0 Å². The molecule has 0 bridgehead atoms. The lowest BCUT2D eigenvalue weighted by Crippen LogP contribution is -2.62. The third kappa shape index (κ3) is 3.23. The van der Waals surface area contributed by atoms with Crippen LogP contribution < -0.4 is 5.73 Å². The fraction of sp³-hybridized carbons (Fsp3) is 1.00. The van der Waals surface area contributed by atoms with E-state index in [1.165, 1.54) is 12.8 Å². The van der Waals surface area contributed by atoms with Crippen LogP contribution in [0.2, 0.25) is 0 Å². The van der Waals surface area contributed by atoms with Crippen LogP contribution in [0.1, 0.15) is 33.6 Å². The molecule has 0 aromatic carbocycles. The Morgan fingerprint density at radius 1 is 1.22 bits per heavy atom. The van der Waals surface area contributed by atoms with Gasteiger partial charge in [-0.15, -0.1) is 0 Å². The molecule has 0 radical (unpaired) electrons. The van der Waals surface area contributed by atoms with Crippen LogP contribution >= 0.6 is 0 Å². The molecule has 1 saturated heterocycles. The zero-order chi connectivity index (χ0) is 13.8. The third-order valence-corrected chi connectivity index (χ3v) is 4.55. The van der Waals surface area contributed by atoms with Crippen molar-refractivity contribution in [2.24, 2.45) is 17.6 Å². The maximum atomic E-state index is 5.98. The minimum atomic E-state index is -0.266. The first kappa shape index (κ1) is 15.9. The minimum Gasteiger partial charge on any atom is -0.354 e. The highest BCUT2D eigenvalue weighted by molar-refractivity contribution is 4.93. The molecule has 0 spiro atoms. The van der Waals surface area contributed by atoms with Crippen LogP contribution in [0.3, 0.4) is 0 Å². The van der Waals surface area contributed by atoms with Gasteiger partial charge in [-0.25, -0.2) is 0 Å². The van der Waals surface area contributed by atoms with E-state index in [1.54, 1.807) is 14.2 Å². The molecule has 0 amide bonds. The fourth-order valence-corrected chi connectivity index (χ4v) is 3.06. The maximum absolute atomic E-state index is 5.98. The van der Waals surface area contributed by atoms with Gasteiger partial charge in [0.25, 0.3) is 0 Å². The summed E-state index contributed by atoms with van der Waals surface area (Å²) in [5.41, 5.74) is 5.75. The van der Waals surface area contributed by atoms with Crippen LogP contribution in [0, 0.1) is 11.8 Å². The van der Waals surface area contributed by atoms with E-state index in [0.29, 0.717) is 6.54 Å². The van der Waals surface area contributed by atoms with Crippen molar-refractivity contribution >= 4 is 0 Å². The van der Waals surface area contributed by atoms with E-state index in [4.69, 9.17) is 15.2 Å². The number of hydrogen-bond acceptors (Lipinski definition) is 4. The van der Waals surface area contributed by atoms with Crippen molar-refractivity contribution in [3.05, 3.63) is 0 Å². The quantitative estimate of drug-likeness (QED) is 0.737. The standard InChI is InChI=1S/C14H30N2O2/c1-11(2)12-6-8-16(9-7-12)14(3,10-15)13(17-4)18-5/h11-13H,6-10,15H2,1-5H3. The molecule has 4 nitrogen and oxygen atoms in total. The molecule has 18 heavy (non-hydrogen) atoms. The van der Waals surface area contributed by atoms with Crippen molar-refractivity contribution in [1.82, 2.24) is 4.90 Å². The van der Waals surface area contributed by atoms with Crippen LogP contribution in [0.5, 0.6) is 0 Å². The molecule has 4 heteroatoms. The van der Waals surface area contributed by atoms with Crippen molar-refractivity contribution < 1.29 is 9.47 Å². The average Bonchev–Trinajstić information content (AvgIpc) is 2.39. The normalized spacial score (nSPS) is 22.7. The molecule has 1 aliphatic rings. The lowest BCUT2D eigenvalue weighted by Gasteiger charge is -2.47. The first-order valence-electron chi connectivity index (χ1n) is 7.00. The lowest BCUT2D eigenvalue weighted by molar-refractivity contribution is -0.185. The van der Waals surface area contributed by atoms with Crippen molar-refractivity contribution in [3.8, 4) is 0 Å². The Labute approximate surface area is 112 Å². The van der Waals surface area contributed by atoms with Gasteiger partial charge in [-0.3, -0.25) is 4.90 Å². The van der Waals surface area contributed by atoms with Crippen LogP contribution in [0.4, 0.5) is 0 Å². The second-order valence-corrected chi connectivity index (χ2v) is 5.93. The van der Waals surface area contributed by atoms with E-state index in [1.807, 2.05) is 0 Å². The van der Waals surface area contributed by atoms with E-state index < -0.39 is 0 Å². The molecule has 1 rings (SSSR count). The summed E-state index contributed by atoms with van der Waals surface area (Å²) in [5, 5.41) is 0. The number of rotatable bonds is 6. The minimum absolute atomic E-state index is 0.231. The Kier molecular flexibility index (Phi) is 6.05. The van der Waals surface area contributed by atoms with E-state index in [-0.39, 0.29) is 11.8 Å². The molecule has 1 aliphatic heterocycles. The highest BCUT2D eigenvalue weighted by Gasteiger charge is 2.41. The van der Waals surface area contributed by atoms with E-state index in [0.717, 1.165) is 24.9 Å². The summed E-state index contributed by atoms with van der Waals surface area (Å²) in [5.74, 6) is 1.61. The Balaban J connectivity index is 2.67. The Morgan fingerprint density at radius 3 is 2.06 bits per heavy atom. The maximum Gasteiger partial charge on any atom is 0.176 e. The summed E-state index contributed by atoms with van der Waals surface area (Å²) in [4.78, 5) is 2.43. The number of nitrogens with zero attached hydrogens (tertiary/aromatic N) is 1. The topological polar surface area (TPSA) is 47.7 Å². The summed E-state index contributed by atoms with van der Waals surface area (Å²) >= 11 is 0. The monoisotopic (exact) mass is 258 g/mol. The summed E-state index contributed by atoms with van der Waals surface area (Å²) in [6.45, 7) is 9.48. The van der Waals surface area contributed by atoms with Gasteiger partial charge < -0.3 is 15.2 Å². The summed E-state index contributed by atoms with van der Waals surface area (Å²) in [6.07, 6.45) is 2.22. The molecule has 1 heterocycles. The van der Waals surface area contributed by atoms with Crippen LogP contribution in [0.15, 0.2) is 0 Å². The molecule has 0 aromatic rings. The lowest BCUT2D eigenvalue weighted by atomic mass is 9.84. The van der Waals surface area contributed by atoms with Gasteiger partial charge in [0.05, 0.1) is 5.54 Å². The van der Waals surface area contributed by atoms with Crippen LogP contribution in [-0.2, 0) is 9.47 Å². The highest BCUT2D eigenvalue weighted by Crippen LogP contribution is 2.30. The second kappa shape index (κ2) is 6.85.